The lowest BCUT2D eigenvalue weighted by Gasteiger charge is -2.26. The Labute approximate surface area is 379 Å². The van der Waals surface area contributed by atoms with Crippen molar-refractivity contribution in [2.24, 2.45) is 0 Å². The number of carboxylic acid groups (broad SMARTS) is 1. The van der Waals surface area contributed by atoms with Gasteiger partial charge >= 0.3 is 12.1 Å². The van der Waals surface area contributed by atoms with Gasteiger partial charge in [-0.15, -0.1) is 11.3 Å². The van der Waals surface area contributed by atoms with Gasteiger partial charge in [0.2, 0.25) is 17.7 Å². The number of amides is 5. The van der Waals surface area contributed by atoms with Crippen LogP contribution in [0.25, 0.3) is 11.1 Å². The predicted molar refractivity (Wildman–Crippen MR) is 245 cm³/mol. The summed E-state index contributed by atoms with van der Waals surface area (Å²) in [6, 6.07) is 38.1. The number of aliphatic carboxylic acids is 1. The van der Waals surface area contributed by atoms with Crippen molar-refractivity contribution in [3.8, 4) is 16.9 Å². The maximum atomic E-state index is 14.5. The third-order valence-electron chi connectivity index (χ3n) is 10.6. The van der Waals surface area contributed by atoms with E-state index >= 15 is 0 Å². The molecule has 0 aliphatic carbocycles. The van der Waals surface area contributed by atoms with Crippen LogP contribution in [0.4, 0.5) is 10.5 Å². The molecule has 8 rings (SSSR count). The smallest absolute Gasteiger partial charge is 0.411 e. The van der Waals surface area contributed by atoms with Crippen LogP contribution >= 0.6 is 11.3 Å². The van der Waals surface area contributed by atoms with Gasteiger partial charge in [0.25, 0.3) is 5.91 Å². The van der Waals surface area contributed by atoms with Crippen LogP contribution in [0.2, 0.25) is 0 Å². The van der Waals surface area contributed by atoms with Gasteiger partial charge in [0, 0.05) is 36.2 Å². The summed E-state index contributed by atoms with van der Waals surface area (Å²) in [5.74, 6) is -3.58. The number of carbonyl (C=O) groups is 6. The fourth-order valence-corrected chi connectivity index (χ4v) is 7.91. The molecule has 6 N–H and O–H groups in total. The lowest BCUT2D eigenvalue weighted by atomic mass is 9.99. The van der Waals surface area contributed by atoms with Gasteiger partial charge < -0.3 is 35.8 Å². The van der Waals surface area contributed by atoms with Crippen LogP contribution in [-0.4, -0.2) is 71.6 Å². The summed E-state index contributed by atoms with van der Waals surface area (Å²) in [5, 5.41) is 25.8. The van der Waals surface area contributed by atoms with Crippen molar-refractivity contribution in [2.75, 3.05) is 11.9 Å². The Morgan fingerprint density at radius 1 is 0.615 bits per heavy atom. The highest BCUT2D eigenvalue weighted by atomic mass is 32.1. The molecule has 3 heterocycles. The second kappa shape index (κ2) is 22.0. The molecule has 0 radical (unpaired) electrons. The van der Waals surface area contributed by atoms with Crippen molar-refractivity contribution in [3.63, 3.8) is 0 Å². The third kappa shape index (κ3) is 13.4. The van der Waals surface area contributed by atoms with Gasteiger partial charge in [0.1, 0.15) is 36.5 Å². The van der Waals surface area contributed by atoms with Crippen LogP contribution < -0.4 is 31.3 Å². The molecule has 0 spiro atoms. The van der Waals surface area contributed by atoms with Gasteiger partial charge in [-0.3, -0.25) is 24.5 Å². The third-order valence-corrected chi connectivity index (χ3v) is 11.5. The summed E-state index contributed by atoms with van der Waals surface area (Å²) in [6.45, 7) is -0.281. The summed E-state index contributed by atoms with van der Waals surface area (Å²) in [5.41, 5.74) is 5.05. The van der Waals surface area contributed by atoms with Crippen molar-refractivity contribution >= 4 is 52.7 Å². The SMILES string of the molecule is O=C1COc2ccc(cc2)C[C@@H](C(=O)O)NC(=O)[C@H](Cc2ccccc2)NC(=O)[C@H](Cc2ccc(-c3ccc(NC(=O)OCc4ccccc4)cc3)cc2)NC(=O)[C@H](Cc2cccs2)N1. The Balaban J connectivity index is 1.13. The molecule has 5 aromatic carbocycles. The first kappa shape index (κ1) is 45.3. The van der Waals surface area contributed by atoms with Crippen molar-refractivity contribution in [3.05, 3.63) is 178 Å². The first-order valence-corrected chi connectivity index (χ1v) is 21.8. The number of anilines is 1. The molecule has 14 nitrogen and oxygen atoms in total. The molecule has 4 atom stereocenters. The molecule has 2 aliphatic rings. The highest BCUT2D eigenvalue weighted by Crippen LogP contribution is 2.23. The molecular formula is C50H47N5O9S. The van der Waals surface area contributed by atoms with E-state index in [0.29, 0.717) is 28.1 Å². The molecule has 332 valence electrons. The first-order valence-electron chi connectivity index (χ1n) is 20.9. The Morgan fingerprint density at radius 3 is 1.75 bits per heavy atom. The van der Waals surface area contributed by atoms with E-state index in [1.807, 2.05) is 90.3 Å². The van der Waals surface area contributed by atoms with Crippen LogP contribution in [-0.2, 0) is 61.0 Å². The van der Waals surface area contributed by atoms with Crippen LogP contribution in [0.3, 0.4) is 0 Å². The van der Waals surface area contributed by atoms with Gasteiger partial charge in [-0.25, -0.2) is 9.59 Å². The van der Waals surface area contributed by atoms with Gasteiger partial charge in [-0.05, 0) is 69.1 Å². The largest absolute Gasteiger partial charge is 0.484 e. The van der Waals surface area contributed by atoms with Gasteiger partial charge in [-0.2, -0.15) is 0 Å². The zero-order valence-electron chi connectivity index (χ0n) is 35.1. The molecule has 2 bridgehead atoms. The highest BCUT2D eigenvalue weighted by molar-refractivity contribution is 7.09. The fourth-order valence-electron chi connectivity index (χ4n) is 7.16. The Kier molecular flexibility index (Phi) is 15.3. The first-order chi connectivity index (χ1) is 31.5. The molecular weight excluding hydrogens is 847 g/mol. The lowest BCUT2D eigenvalue weighted by molar-refractivity contribution is -0.142. The molecule has 0 fully saturated rings. The molecule has 6 aromatic rings. The number of carboxylic acids is 1. The summed E-state index contributed by atoms with van der Waals surface area (Å²) in [4.78, 5) is 81.7. The van der Waals surface area contributed by atoms with E-state index in [0.717, 1.165) is 21.6 Å². The summed E-state index contributed by atoms with van der Waals surface area (Å²) < 4.78 is 11.0. The average Bonchev–Trinajstić information content (AvgIpc) is 3.84. The average molecular weight is 894 g/mol. The predicted octanol–water partition coefficient (Wildman–Crippen LogP) is 5.85. The second-order valence-corrected chi connectivity index (χ2v) is 16.4. The van der Waals surface area contributed by atoms with Gasteiger partial charge in [-0.1, -0.05) is 115 Å². The number of fused-ring (bicyclic) bond motifs is 16. The molecule has 2 aliphatic heterocycles. The monoisotopic (exact) mass is 893 g/mol. The number of hydrogen-bond acceptors (Lipinski definition) is 9. The summed E-state index contributed by atoms with van der Waals surface area (Å²) >= 11 is 1.41. The number of ether oxygens (including phenoxy) is 2. The summed E-state index contributed by atoms with van der Waals surface area (Å²) in [7, 11) is 0. The number of benzene rings is 5. The van der Waals surface area contributed by atoms with E-state index in [9.17, 15) is 33.9 Å². The molecule has 5 amide bonds. The van der Waals surface area contributed by atoms with Gasteiger partial charge in [0.15, 0.2) is 6.61 Å². The Bertz CT molecular complexity index is 2560. The van der Waals surface area contributed by atoms with Crippen LogP contribution in [0.15, 0.2) is 151 Å². The van der Waals surface area contributed by atoms with Crippen molar-refractivity contribution < 1.29 is 43.3 Å². The quantitative estimate of drug-likeness (QED) is 0.0864. The van der Waals surface area contributed by atoms with Crippen LogP contribution in [0.1, 0.15) is 27.1 Å². The molecule has 15 heteroatoms. The molecule has 65 heavy (non-hydrogen) atoms. The van der Waals surface area contributed by atoms with E-state index in [2.05, 4.69) is 26.6 Å². The lowest BCUT2D eigenvalue weighted by Crippen LogP contribution is -2.59. The number of thiophene rings is 1. The zero-order valence-corrected chi connectivity index (χ0v) is 35.9. The van der Waals surface area contributed by atoms with Crippen molar-refractivity contribution in [1.82, 2.24) is 21.3 Å². The van der Waals surface area contributed by atoms with E-state index in [1.54, 1.807) is 60.7 Å². The Hall–Kier alpha value is -7.78. The maximum absolute atomic E-state index is 14.5. The zero-order chi connectivity index (χ0) is 45.5. The maximum Gasteiger partial charge on any atom is 0.411 e. The molecule has 0 saturated carbocycles. The fraction of sp³-hybridized carbons (Fsp3) is 0.200. The number of hydrogen-bond donors (Lipinski definition) is 6. The number of rotatable bonds is 11. The molecule has 0 unspecified atom stereocenters. The minimum Gasteiger partial charge on any atom is -0.484 e. The Morgan fingerprint density at radius 2 is 1.17 bits per heavy atom. The minimum absolute atomic E-state index is 0.0139. The number of nitrogens with one attached hydrogen (secondary N) is 5. The minimum atomic E-state index is -1.35. The van der Waals surface area contributed by atoms with E-state index in [4.69, 9.17) is 9.47 Å². The molecule has 0 saturated heterocycles. The normalized spacial score (nSPS) is 18.3. The van der Waals surface area contributed by atoms with Gasteiger partial charge in [0.05, 0.1) is 0 Å². The van der Waals surface area contributed by atoms with Crippen LogP contribution in [0, 0.1) is 0 Å². The van der Waals surface area contributed by atoms with Crippen LogP contribution in [0.5, 0.6) is 5.75 Å². The van der Waals surface area contributed by atoms with Crippen molar-refractivity contribution in [1.29, 1.82) is 0 Å². The topological polar surface area (TPSA) is 201 Å². The van der Waals surface area contributed by atoms with E-state index in [1.165, 1.54) is 11.3 Å². The molecule has 1 aromatic heterocycles. The standard InChI is InChI=1S/C50H47N5O9S/c56-45-31-63-39-23-15-34(16-24-39)28-44(49(60)61)55-47(58)41(26-32-8-3-1-4-9-32)53-46(57)42(54-48(59)43(52-45)29-40-12-7-25-65-40)27-33-13-17-36(18-14-33)37-19-21-38(22-20-37)51-50(62)64-30-35-10-5-2-6-11-35/h1-25,41-44H,26-31H2,(H,51,62)(H,52,56)(H,53,57)(H,54,59)(H,55,58)(H,60,61)/t41-,42-,43-,44-/m0/s1. The second-order valence-electron chi connectivity index (χ2n) is 15.4. The number of carbonyl (C=O) groups excluding carboxylic acids is 5. The van der Waals surface area contributed by atoms with E-state index < -0.39 is 66.5 Å². The van der Waals surface area contributed by atoms with E-state index in [-0.39, 0.29) is 32.3 Å². The summed E-state index contributed by atoms with van der Waals surface area (Å²) in [6.07, 6.45) is -0.520. The highest BCUT2D eigenvalue weighted by Gasteiger charge is 2.32. The van der Waals surface area contributed by atoms with Crippen molar-refractivity contribution in [2.45, 2.75) is 56.5 Å².